The predicted molar refractivity (Wildman–Crippen MR) is 100 cm³/mol. The van der Waals surface area contributed by atoms with Crippen molar-refractivity contribution in [1.82, 2.24) is 10.0 Å². The Labute approximate surface area is 154 Å². The highest BCUT2D eigenvalue weighted by Crippen LogP contribution is 2.32. The first-order chi connectivity index (χ1) is 12.3. The SMILES string of the molecule is CC(C)CC(N=C1NS(=O)(=O)c2ccccc21)C(=O)NC(CN)C1CC1. The quantitative estimate of drug-likeness (QED) is 0.656. The van der Waals surface area contributed by atoms with Gasteiger partial charge in [-0.25, -0.2) is 8.42 Å². The lowest BCUT2D eigenvalue weighted by atomic mass is 10.0. The Kier molecular flexibility index (Phi) is 5.34. The number of carbonyl (C=O) groups excluding carboxylic acids is 1. The van der Waals surface area contributed by atoms with Crippen LogP contribution in [-0.4, -0.2) is 38.8 Å². The number of nitrogens with two attached hydrogens (primary N) is 1. The number of sulfonamides is 1. The van der Waals surface area contributed by atoms with Crippen LogP contribution in [0.2, 0.25) is 0 Å². The lowest BCUT2D eigenvalue weighted by Crippen LogP contribution is -2.46. The van der Waals surface area contributed by atoms with E-state index in [1.165, 1.54) is 6.07 Å². The van der Waals surface area contributed by atoms with Gasteiger partial charge in [0, 0.05) is 18.2 Å². The topological polar surface area (TPSA) is 114 Å². The maximum atomic E-state index is 12.8. The van der Waals surface area contributed by atoms with Gasteiger partial charge in [-0.05, 0) is 43.2 Å². The Balaban J connectivity index is 1.86. The summed E-state index contributed by atoms with van der Waals surface area (Å²) in [5.74, 6) is 0.719. The van der Waals surface area contributed by atoms with Gasteiger partial charge in [-0.2, -0.15) is 0 Å². The van der Waals surface area contributed by atoms with Crippen LogP contribution in [-0.2, 0) is 14.8 Å². The van der Waals surface area contributed by atoms with Crippen LogP contribution < -0.4 is 15.8 Å². The zero-order valence-electron chi connectivity index (χ0n) is 15.1. The van der Waals surface area contributed by atoms with Crippen LogP contribution in [0, 0.1) is 11.8 Å². The summed E-state index contributed by atoms with van der Waals surface area (Å²) in [6.45, 7) is 4.42. The molecule has 1 aliphatic carbocycles. The van der Waals surface area contributed by atoms with Gasteiger partial charge in [-0.1, -0.05) is 26.0 Å². The van der Waals surface area contributed by atoms with Gasteiger partial charge >= 0.3 is 0 Å². The molecule has 4 N–H and O–H groups in total. The summed E-state index contributed by atoms with van der Waals surface area (Å²) in [5, 5.41) is 3.00. The highest BCUT2D eigenvalue weighted by molar-refractivity contribution is 7.90. The lowest BCUT2D eigenvalue weighted by Gasteiger charge is -2.21. The van der Waals surface area contributed by atoms with E-state index in [9.17, 15) is 13.2 Å². The van der Waals surface area contributed by atoms with Crippen LogP contribution >= 0.6 is 0 Å². The van der Waals surface area contributed by atoms with Gasteiger partial charge in [0.05, 0.1) is 4.90 Å². The fraction of sp³-hybridized carbons (Fsp3) is 0.556. The monoisotopic (exact) mass is 378 g/mol. The third-order valence-corrected chi connectivity index (χ3v) is 6.11. The number of amides is 1. The highest BCUT2D eigenvalue weighted by atomic mass is 32.2. The van der Waals surface area contributed by atoms with Gasteiger partial charge < -0.3 is 11.1 Å². The summed E-state index contributed by atoms with van der Waals surface area (Å²) in [5.41, 5.74) is 6.29. The first kappa shape index (κ1) is 18.8. The Hall–Kier alpha value is -1.93. The first-order valence-corrected chi connectivity index (χ1v) is 10.5. The van der Waals surface area contributed by atoms with Crippen molar-refractivity contribution in [3.8, 4) is 0 Å². The average molecular weight is 378 g/mol. The van der Waals surface area contributed by atoms with E-state index in [4.69, 9.17) is 5.73 Å². The zero-order chi connectivity index (χ0) is 18.9. The van der Waals surface area contributed by atoms with Crippen LogP contribution in [0.5, 0.6) is 0 Å². The lowest BCUT2D eigenvalue weighted by molar-refractivity contribution is -0.123. The van der Waals surface area contributed by atoms with E-state index < -0.39 is 16.1 Å². The number of aliphatic imine (C=N–C) groups is 1. The molecule has 2 aliphatic rings. The molecule has 0 saturated heterocycles. The minimum absolute atomic E-state index is 0.0371. The number of carbonyl (C=O) groups is 1. The standard InChI is InChI=1S/C18H26N4O3S/c1-11(2)9-14(18(23)21-15(10-19)12-7-8-12)20-17-13-5-3-4-6-16(13)26(24,25)22-17/h3-6,11-12,14-15H,7-10,19H2,1-2H3,(H,20,22)(H,21,23). The second kappa shape index (κ2) is 7.36. The molecule has 2 unspecified atom stereocenters. The molecule has 0 bridgehead atoms. The van der Waals surface area contributed by atoms with Gasteiger partial charge in [-0.3, -0.25) is 14.5 Å². The zero-order valence-corrected chi connectivity index (χ0v) is 15.9. The average Bonchev–Trinajstić information content (AvgIpc) is 3.39. The van der Waals surface area contributed by atoms with Crippen molar-refractivity contribution >= 4 is 21.8 Å². The van der Waals surface area contributed by atoms with E-state index in [0.717, 1.165) is 12.8 Å². The van der Waals surface area contributed by atoms with Crippen LogP contribution in [0.3, 0.4) is 0 Å². The van der Waals surface area contributed by atoms with E-state index in [2.05, 4.69) is 15.0 Å². The second-order valence-electron chi connectivity index (χ2n) is 7.41. The second-order valence-corrected chi connectivity index (χ2v) is 9.06. The molecule has 8 heteroatoms. The molecule has 1 aliphatic heterocycles. The fourth-order valence-electron chi connectivity index (χ4n) is 3.20. The minimum Gasteiger partial charge on any atom is -0.350 e. The Bertz CT molecular complexity index is 815. The highest BCUT2D eigenvalue weighted by Gasteiger charge is 2.35. The largest absolute Gasteiger partial charge is 0.350 e. The van der Waals surface area contributed by atoms with Crippen LogP contribution in [0.4, 0.5) is 0 Å². The number of amidine groups is 1. The van der Waals surface area contributed by atoms with E-state index in [1.54, 1.807) is 18.2 Å². The van der Waals surface area contributed by atoms with E-state index in [0.29, 0.717) is 24.4 Å². The van der Waals surface area contributed by atoms with Crippen molar-refractivity contribution in [2.24, 2.45) is 22.6 Å². The molecule has 1 fully saturated rings. The van der Waals surface area contributed by atoms with E-state index >= 15 is 0 Å². The van der Waals surface area contributed by atoms with Crippen LogP contribution in [0.1, 0.15) is 38.7 Å². The number of hydrogen-bond acceptors (Lipinski definition) is 5. The van der Waals surface area contributed by atoms with Crippen molar-refractivity contribution < 1.29 is 13.2 Å². The first-order valence-electron chi connectivity index (χ1n) is 9.02. The van der Waals surface area contributed by atoms with Crippen molar-refractivity contribution in [3.05, 3.63) is 29.8 Å². The molecule has 142 valence electrons. The number of benzene rings is 1. The summed E-state index contributed by atoms with van der Waals surface area (Å²) in [4.78, 5) is 17.5. The van der Waals surface area contributed by atoms with Crippen molar-refractivity contribution in [3.63, 3.8) is 0 Å². The molecular formula is C18H26N4O3S. The molecule has 7 nitrogen and oxygen atoms in total. The van der Waals surface area contributed by atoms with Gasteiger partial charge in [0.1, 0.15) is 11.9 Å². The predicted octanol–water partition coefficient (Wildman–Crippen LogP) is 0.993. The molecule has 26 heavy (non-hydrogen) atoms. The molecule has 2 atom stereocenters. The third kappa shape index (κ3) is 4.07. The third-order valence-electron chi connectivity index (χ3n) is 4.72. The molecular weight excluding hydrogens is 352 g/mol. The molecule has 1 aromatic rings. The van der Waals surface area contributed by atoms with Gasteiger partial charge in [0.2, 0.25) is 5.91 Å². The summed E-state index contributed by atoms with van der Waals surface area (Å²) >= 11 is 0. The number of fused-ring (bicyclic) bond motifs is 1. The van der Waals surface area contributed by atoms with E-state index in [-0.39, 0.29) is 28.6 Å². The number of hydrogen-bond donors (Lipinski definition) is 3. The van der Waals surface area contributed by atoms with Crippen molar-refractivity contribution in [1.29, 1.82) is 0 Å². The Morgan fingerprint density at radius 3 is 2.65 bits per heavy atom. The Morgan fingerprint density at radius 2 is 2.04 bits per heavy atom. The van der Waals surface area contributed by atoms with Crippen molar-refractivity contribution in [2.45, 2.75) is 50.1 Å². The fourth-order valence-corrected chi connectivity index (χ4v) is 4.44. The number of nitrogens with zero attached hydrogens (tertiary/aromatic N) is 1. The molecule has 0 radical (unpaired) electrons. The summed E-state index contributed by atoms with van der Waals surface area (Å²) in [6, 6.07) is 5.96. The smallest absolute Gasteiger partial charge is 0.263 e. The molecule has 1 saturated carbocycles. The Morgan fingerprint density at radius 1 is 1.35 bits per heavy atom. The van der Waals surface area contributed by atoms with Gasteiger partial charge in [-0.15, -0.1) is 0 Å². The summed E-state index contributed by atoms with van der Waals surface area (Å²) in [7, 11) is -3.62. The number of rotatable bonds is 7. The van der Waals surface area contributed by atoms with Crippen molar-refractivity contribution in [2.75, 3.05) is 6.54 Å². The number of nitrogens with one attached hydrogen (secondary N) is 2. The molecule has 1 aromatic carbocycles. The normalized spacial score (nSPS) is 21.9. The minimum atomic E-state index is -3.62. The van der Waals surface area contributed by atoms with Gasteiger partial charge in [0.25, 0.3) is 10.0 Å². The van der Waals surface area contributed by atoms with Gasteiger partial charge in [0.15, 0.2) is 0 Å². The van der Waals surface area contributed by atoms with Crippen LogP contribution in [0.25, 0.3) is 0 Å². The van der Waals surface area contributed by atoms with Crippen LogP contribution in [0.15, 0.2) is 34.2 Å². The molecule has 1 amide bonds. The molecule has 3 rings (SSSR count). The summed E-state index contributed by atoms with van der Waals surface area (Å²) < 4.78 is 27.0. The molecule has 0 aromatic heterocycles. The molecule has 1 heterocycles. The maximum absolute atomic E-state index is 12.8. The van der Waals surface area contributed by atoms with E-state index in [1.807, 2.05) is 13.8 Å². The molecule has 0 spiro atoms. The maximum Gasteiger partial charge on any atom is 0.263 e. The summed E-state index contributed by atoms with van der Waals surface area (Å²) in [6.07, 6.45) is 2.69.